The molecule has 0 saturated heterocycles. The summed E-state index contributed by atoms with van der Waals surface area (Å²) in [4.78, 5) is 18.9. The molecule has 0 aliphatic heterocycles. The molecule has 0 fully saturated rings. The highest BCUT2D eigenvalue weighted by molar-refractivity contribution is 5.85. The largest absolute Gasteiger partial charge is 0.497 e. The van der Waals surface area contributed by atoms with Gasteiger partial charge in [-0.15, -0.1) is 0 Å². The summed E-state index contributed by atoms with van der Waals surface area (Å²) < 4.78 is 10.4. The third-order valence-corrected chi connectivity index (χ3v) is 2.77. The molecule has 0 radical (unpaired) electrons. The van der Waals surface area contributed by atoms with Crippen LogP contribution in [0, 0.1) is 0 Å². The van der Waals surface area contributed by atoms with Crippen LogP contribution in [0.1, 0.15) is 21.9 Å². The van der Waals surface area contributed by atoms with Gasteiger partial charge >= 0.3 is 5.97 Å². The molecule has 1 N–H and O–H groups in total. The average molecular weight is 274 g/mol. The quantitative estimate of drug-likeness (QED) is 0.895. The van der Waals surface area contributed by atoms with E-state index < -0.39 is 5.97 Å². The zero-order valence-corrected chi connectivity index (χ0v) is 11.2. The molecule has 0 saturated carbocycles. The van der Waals surface area contributed by atoms with Crippen molar-refractivity contribution in [1.82, 2.24) is 9.97 Å². The number of rotatable bonds is 5. The average Bonchev–Trinajstić information content (AvgIpc) is 2.48. The van der Waals surface area contributed by atoms with Crippen LogP contribution in [0.2, 0.25) is 0 Å². The number of carbonyl (C=O) groups is 1. The Morgan fingerprint density at radius 3 is 2.70 bits per heavy atom. The number of hydrogen-bond donors (Lipinski definition) is 1. The number of hydrogen-bond acceptors (Lipinski definition) is 5. The van der Waals surface area contributed by atoms with Gasteiger partial charge in [0.05, 0.1) is 14.2 Å². The third-order valence-electron chi connectivity index (χ3n) is 2.77. The second kappa shape index (κ2) is 6.01. The lowest BCUT2D eigenvalue weighted by Gasteiger charge is -2.09. The van der Waals surface area contributed by atoms with Crippen LogP contribution in [0.15, 0.2) is 30.5 Å². The monoisotopic (exact) mass is 274 g/mol. The summed E-state index contributed by atoms with van der Waals surface area (Å²) in [6.45, 7) is 0. The van der Waals surface area contributed by atoms with E-state index >= 15 is 0 Å². The molecule has 1 aromatic carbocycles. The van der Waals surface area contributed by atoms with Crippen LogP contribution in [0.4, 0.5) is 0 Å². The molecule has 0 bridgehead atoms. The van der Waals surface area contributed by atoms with Crippen LogP contribution in [-0.4, -0.2) is 35.3 Å². The fourth-order valence-corrected chi connectivity index (χ4v) is 1.77. The van der Waals surface area contributed by atoms with Crippen molar-refractivity contribution >= 4 is 5.97 Å². The first kappa shape index (κ1) is 13.8. The van der Waals surface area contributed by atoms with E-state index in [0.29, 0.717) is 23.7 Å². The maximum atomic E-state index is 10.9. The highest BCUT2D eigenvalue weighted by atomic mass is 16.5. The van der Waals surface area contributed by atoms with Gasteiger partial charge in [0.15, 0.2) is 5.69 Å². The van der Waals surface area contributed by atoms with Crippen LogP contribution < -0.4 is 9.47 Å². The number of ether oxygens (including phenoxy) is 2. The van der Waals surface area contributed by atoms with Crippen LogP contribution in [0.5, 0.6) is 11.5 Å². The molecule has 2 rings (SSSR count). The SMILES string of the molecule is COc1ccc(Cc2nccc(C(=O)O)n2)c(OC)c1. The van der Waals surface area contributed by atoms with Gasteiger partial charge in [-0.1, -0.05) is 6.07 Å². The Morgan fingerprint density at radius 1 is 1.25 bits per heavy atom. The van der Waals surface area contributed by atoms with Gasteiger partial charge in [0.25, 0.3) is 0 Å². The van der Waals surface area contributed by atoms with Crippen molar-refractivity contribution in [3.63, 3.8) is 0 Å². The second-order valence-corrected chi connectivity index (χ2v) is 4.02. The van der Waals surface area contributed by atoms with Gasteiger partial charge in [0, 0.05) is 24.2 Å². The van der Waals surface area contributed by atoms with Gasteiger partial charge in [-0.05, 0) is 12.1 Å². The number of carboxylic acids is 1. The van der Waals surface area contributed by atoms with Gasteiger partial charge in [-0.3, -0.25) is 0 Å². The van der Waals surface area contributed by atoms with E-state index in [4.69, 9.17) is 14.6 Å². The fraction of sp³-hybridized carbons (Fsp3) is 0.214. The first-order chi connectivity index (χ1) is 9.63. The molecule has 6 nitrogen and oxygen atoms in total. The Bertz CT molecular complexity index is 628. The molecule has 20 heavy (non-hydrogen) atoms. The van der Waals surface area contributed by atoms with Gasteiger partial charge in [-0.2, -0.15) is 0 Å². The van der Waals surface area contributed by atoms with Crippen molar-refractivity contribution in [2.45, 2.75) is 6.42 Å². The lowest BCUT2D eigenvalue weighted by atomic mass is 10.1. The Labute approximate surface area is 116 Å². The summed E-state index contributed by atoms with van der Waals surface area (Å²) in [6, 6.07) is 6.76. The van der Waals surface area contributed by atoms with E-state index in [1.807, 2.05) is 6.07 Å². The molecule has 1 aromatic heterocycles. The number of carboxylic acid groups (broad SMARTS) is 1. The van der Waals surface area contributed by atoms with E-state index in [0.717, 1.165) is 5.56 Å². The minimum Gasteiger partial charge on any atom is -0.497 e. The van der Waals surface area contributed by atoms with E-state index in [1.54, 1.807) is 26.4 Å². The van der Waals surface area contributed by atoms with Crippen LogP contribution in [-0.2, 0) is 6.42 Å². The summed E-state index contributed by atoms with van der Waals surface area (Å²) in [5.74, 6) is 0.684. The standard InChI is InChI=1S/C14H14N2O4/c1-19-10-4-3-9(12(8-10)20-2)7-13-15-6-5-11(16-13)14(17)18/h3-6,8H,7H2,1-2H3,(H,17,18). The van der Waals surface area contributed by atoms with E-state index in [9.17, 15) is 4.79 Å². The zero-order chi connectivity index (χ0) is 14.5. The fourth-order valence-electron chi connectivity index (χ4n) is 1.77. The Kier molecular flexibility index (Phi) is 4.14. The van der Waals surface area contributed by atoms with E-state index in [1.165, 1.54) is 12.3 Å². The smallest absolute Gasteiger partial charge is 0.354 e. The lowest BCUT2D eigenvalue weighted by molar-refractivity contribution is 0.0690. The van der Waals surface area contributed by atoms with Crippen molar-refractivity contribution in [1.29, 1.82) is 0 Å². The second-order valence-electron chi connectivity index (χ2n) is 4.02. The molecule has 0 amide bonds. The Hall–Kier alpha value is -2.63. The molecule has 1 heterocycles. The summed E-state index contributed by atoms with van der Waals surface area (Å²) in [5, 5.41) is 8.91. The minimum absolute atomic E-state index is 0.0255. The maximum Gasteiger partial charge on any atom is 0.354 e. The summed E-state index contributed by atoms with van der Waals surface area (Å²) in [5.41, 5.74) is 0.832. The van der Waals surface area contributed by atoms with Crippen molar-refractivity contribution < 1.29 is 19.4 Å². The van der Waals surface area contributed by atoms with E-state index in [-0.39, 0.29) is 5.69 Å². The first-order valence-corrected chi connectivity index (χ1v) is 5.90. The van der Waals surface area contributed by atoms with Crippen LogP contribution in [0.25, 0.3) is 0 Å². The first-order valence-electron chi connectivity index (χ1n) is 5.90. The molecule has 6 heteroatoms. The molecule has 104 valence electrons. The summed E-state index contributed by atoms with van der Waals surface area (Å²) >= 11 is 0. The van der Waals surface area contributed by atoms with Gasteiger partial charge < -0.3 is 14.6 Å². The molecule has 0 aliphatic rings. The molecule has 0 atom stereocenters. The zero-order valence-electron chi connectivity index (χ0n) is 11.2. The molecular formula is C14H14N2O4. The number of methoxy groups -OCH3 is 2. The number of aromatic carboxylic acids is 1. The maximum absolute atomic E-state index is 10.9. The van der Waals surface area contributed by atoms with Crippen LogP contribution >= 0.6 is 0 Å². The number of nitrogens with zero attached hydrogens (tertiary/aromatic N) is 2. The third kappa shape index (κ3) is 3.03. The molecule has 0 unspecified atom stereocenters. The molecule has 0 aliphatic carbocycles. The predicted octanol–water partition coefficient (Wildman–Crippen LogP) is 1.78. The number of aromatic nitrogens is 2. The molecule has 0 spiro atoms. The van der Waals surface area contributed by atoms with Gasteiger partial charge in [0.2, 0.25) is 0 Å². The van der Waals surface area contributed by atoms with Crippen molar-refractivity contribution in [2.24, 2.45) is 0 Å². The van der Waals surface area contributed by atoms with Crippen LogP contribution in [0.3, 0.4) is 0 Å². The summed E-state index contributed by atoms with van der Waals surface area (Å²) in [6.07, 6.45) is 1.82. The minimum atomic E-state index is -1.07. The molecular weight excluding hydrogens is 260 g/mol. The van der Waals surface area contributed by atoms with Gasteiger partial charge in [0.1, 0.15) is 17.3 Å². The van der Waals surface area contributed by atoms with Gasteiger partial charge in [-0.25, -0.2) is 14.8 Å². The highest BCUT2D eigenvalue weighted by Crippen LogP contribution is 2.25. The van der Waals surface area contributed by atoms with Crippen molar-refractivity contribution in [3.8, 4) is 11.5 Å². The normalized spacial score (nSPS) is 10.1. The predicted molar refractivity (Wildman–Crippen MR) is 71.3 cm³/mol. The molecule has 2 aromatic rings. The Morgan fingerprint density at radius 2 is 2.05 bits per heavy atom. The highest BCUT2D eigenvalue weighted by Gasteiger charge is 2.10. The van der Waals surface area contributed by atoms with Crippen molar-refractivity contribution in [2.75, 3.05) is 14.2 Å². The Balaban J connectivity index is 2.29. The van der Waals surface area contributed by atoms with Crippen molar-refractivity contribution in [3.05, 3.63) is 47.5 Å². The lowest BCUT2D eigenvalue weighted by Crippen LogP contribution is -2.05. The summed E-state index contributed by atoms with van der Waals surface area (Å²) in [7, 11) is 3.14. The topological polar surface area (TPSA) is 81.5 Å². The number of benzene rings is 1. The van der Waals surface area contributed by atoms with E-state index in [2.05, 4.69) is 9.97 Å².